The topological polar surface area (TPSA) is 35.2 Å². The molecule has 0 spiro atoms. The summed E-state index contributed by atoms with van der Waals surface area (Å²) in [5, 5.41) is 0. The van der Waals surface area contributed by atoms with Crippen LogP contribution in [0.15, 0.2) is 42.5 Å². The van der Waals surface area contributed by atoms with Crippen molar-refractivity contribution >= 4 is 5.69 Å². The number of rotatable bonds is 3. The van der Waals surface area contributed by atoms with Crippen LogP contribution in [0.2, 0.25) is 0 Å². The summed E-state index contributed by atoms with van der Waals surface area (Å²) in [6, 6.07) is 14.1. The van der Waals surface area contributed by atoms with Gasteiger partial charge in [0.1, 0.15) is 5.75 Å². The molecule has 0 amide bonds. The molecule has 0 radical (unpaired) electrons. The Bertz CT molecular complexity index is 520. The monoisotopic (exact) mass is 227 g/mol. The number of nitrogen functional groups attached to an aromatic ring is 1. The third-order valence-electron chi connectivity index (χ3n) is 2.99. The molecule has 17 heavy (non-hydrogen) atoms. The standard InChI is InChI=1S/C15H17NO/c1-11-5-3-4-6-12(11)9-13-10-14(17-2)7-8-15(13)16/h3-8,10H,9,16H2,1-2H3. The number of ether oxygens (including phenoxy) is 1. The molecule has 0 aliphatic heterocycles. The summed E-state index contributed by atoms with van der Waals surface area (Å²) in [5.41, 5.74) is 10.5. The van der Waals surface area contributed by atoms with Crippen LogP contribution in [-0.4, -0.2) is 7.11 Å². The Morgan fingerprint density at radius 2 is 1.82 bits per heavy atom. The van der Waals surface area contributed by atoms with Crippen LogP contribution in [0.4, 0.5) is 5.69 Å². The lowest BCUT2D eigenvalue weighted by Crippen LogP contribution is -1.98. The lowest BCUT2D eigenvalue weighted by atomic mass is 9.99. The molecule has 0 bridgehead atoms. The molecule has 2 N–H and O–H groups in total. The van der Waals surface area contributed by atoms with Gasteiger partial charge in [0.05, 0.1) is 7.11 Å². The third kappa shape index (κ3) is 2.59. The van der Waals surface area contributed by atoms with Gasteiger partial charge in [0.25, 0.3) is 0 Å². The van der Waals surface area contributed by atoms with Crippen LogP contribution in [0.1, 0.15) is 16.7 Å². The first-order valence-corrected chi connectivity index (χ1v) is 5.67. The zero-order valence-corrected chi connectivity index (χ0v) is 10.2. The number of hydrogen-bond acceptors (Lipinski definition) is 2. The molecule has 2 aromatic rings. The van der Waals surface area contributed by atoms with Crippen molar-refractivity contribution in [1.82, 2.24) is 0 Å². The average molecular weight is 227 g/mol. The number of anilines is 1. The minimum absolute atomic E-state index is 0.814. The van der Waals surface area contributed by atoms with Crippen molar-refractivity contribution in [2.24, 2.45) is 0 Å². The molecule has 0 saturated heterocycles. The minimum atomic E-state index is 0.814. The summed E-state index contributed by atoms with van der Waals surface area (Å²) < 4.78 is 5.22. The number of nitrogens with two attached hydrogens (primary N) is 1. The lowest BCUT2D eigenvalue weighted by Gasteiger charge is -2.10. The van der Waals surface area contributed by atoms with E-state index in [0.717, 1.165) is 23.4 Å². The number of hydrogen-bond donors (Lipinski definition) is 1. The van der Waals surface area contributed by atoms with E-state index in [4.69, 9.17) is 10.5 Å². The van der Waals surface area contributed by atoms with Gasteiger partial charge in [-0.3, -0.25) is 0 Å². The summed E-state index contributed by atoms with van der Waals surface area (Å²) in [4.78, 5) is 0. The molecular formula is C15H17NO. The summed E-state index contributed by atoms with van der Waals surface area (Å²) >= 11 is 0. The van der Waals surface area contributed by atoms with Crippen molar-refractivity contribution in [3.8, 4) is 5.75 Å². The Morgan fingerprint density at radius 3 is 2.53 bits per heavy atom. The van der Waals surface area contributed by atoms with E-state index in [1.54, 1.807) is 7.11 Å². The van der Waals surface area contributed by atoms with Gasteiger partial charge in [-0.1, -0.05) is 24.3 Å². The summed E-state index contributed by atoms with van der Waals surface area (Å²) in [7, 11) is 1.67. The molecule has 0 aliphatic rings. The molecule has 2 heteroatoms. The molecular weight excluding hydrogens is 210 g/mol. The highest BCUT2D eigenvalue weighted by Crippen LogP contribution is 2.23. The molecule has 2 aromatic carbocycles. The Hall–Kier alpha value is -1.96. The Kier molecular flexibility index (Phi) is 3.33. The van der Waals surface area contributed by atoms with Crippen LogP contribution >= 0.6 is 0 Å². The predicted molar refractivity (Wildman–Crippen MR) is 71.4 cm³/mol. The van der Waals surface area contributed by atoms with E-state index in [9.17, 15) is 0 Å². The quantitative estimate of drug-likeness (QED) is 0.817. The summed E-state index contributed by atoms with van der Waals surface area (Å²) in [6.07, 6.45) is 0.843. The maximum atomic E-state index is 5.99. The first-order chi connectivity index (χ1) is 8.20. The zero-order valence-electron chi connectivity index (χ0n) is 10.2. The van der Waals surface area contributed by atoms with Crippen LogP contribution in [0.5, 0.6) is 5.75 Å². The third-order valence-corrected chi connectivity index (χ3v) is 2.99. The maximum absolute atomic E-state index is 5.99. The molecule has 0 heterocycles. The fourth-order valence-electron chi connectivity index (χ4n) is 1.88. The van der Waals surface area contributed by atoms with Gasteiger partial charge < -0.3 is 10.5 Å². The second-order valence-corrected chi connectivity index (χ2v) is 4.17. The fourth-order valence-corrected chi connectivity index (χ4v) is 1.88. The Balaban J connectivity index is 2.32. The fraction of sp³-hybridized carbons (Fsp3) is 0.200. The SMILES string of the molecule is COc1ccc(N)c(Cc2ccccc2C)c1. The molecule has 0 aromatic heterocycles. The van der Waals surface area contributed by atoms with Gasteiger partial charge >= 0.3 is 0 Å². The van der Waals surface area contributed by atoms with Crippen LogP contribution in [0.3, 0.4) is 0 Å². The van der Waals surface area contributed by atoms with Gasteiger partial charge in [-0.25, -0.2) is 0 Å². The number of benzene rings is 2. The first-order valence-electron chi connectivity index (χ1n) is 5.67. The van der Waals surface area contributed by atoms with Crippen LogP contribution in [-0.2, 0) is 6.42 Å². The Labute approximate surface area is 102 Å². The molecule has 0 saturated carbocycles. The molecule has 2 rings (SSSR count). The van der Waals surface area contributed by atoms with Gasteiger partial charge in [-0.15, -0.1) is 0 Å². The molecule has 0 atom stereocenters. The molecule has 0 unspecified atom stereocenters. The number of aryl methyl sites for hydroxylation is 1. The van der Waals surface area contributed by atoms with Gasteiger partial charge in [-0.2, -0.15) is 0 Å². The molecule has 0 aliphatic carbocycles. The summed E-state index contributed by atoms with van der Waals surface area (Å²) in [5.74, 6) is 0.850. The van der Waals surface area contributed by atoms with Crippen LogP contribution in [0.25, 0.3) is 0 Å². The molecule has 2 nitrogen and oxygen atoms in total. The van der Waals surface area contributed by atoms with Crippen molar-refractivity contribution in [2.75, 3.05) is 12.8 Å². The van der Waals surface area contributed by atoms with E-state index in [2.05, 4.69) is 25.1 Å². The number of methoxy groups -OCH3 is 1. The summed E-state index contributed by atoms with van der Waals surface area (Å²) in [6.45, 7) is 2.12. The van der Waals surface area contributed by atoms with Gasteiger partial charge in [0.2, 0.25) is 0 Å². The highest BCUT2D eigenvalue weighted by Gasteiger charge is 2.04. The minimum Gasteiger partial charge on any atom is -0.497 e. The van der Waals surface area contributed by atoms with E-state index in [1.807, 2.05) is 24.3 Å². The van der Waals surface area contributed by atoms with Gasteiger partial charge in [0, 0.05) is 5.69 Å². The Morgan fingerprint density at radius 1 is 1.06 bits per heavy atom. The van der Waals surface area contributed by atoms with Crippen molar-refractivity contribution in [2.45, 2.75) is 13.3 Å². The predicted octanol–water partition coefficient (Wildman–Crippen LogP) is 3.18. The lowest BCUT2D eigenvalue weighted by molar-refractivity contribution is 0.414. The van der Waals surface area contributed by atoms with E-state index < -0.39 is 0 Å². The largest absolute Gasteiger partial charge is 0.497 e. The normalized spacial score (nSPS) is 10.2. The second kappa shape index (κ2) is 4.91. The van der Waals surface area contributed by atoms with E-state index in [-0.39, 0.29) is 0 Å². The highest BCUT2D eigenvalue weighted by molar-refractivity contribution is 5.52. The van der Waals surface area contributed by atoms with Crippen molar-refractivity contribution in [3.05, 3.63) is 59.2 Å². The smallest absolute Gasteiger partial charge is 0.119 e. The van der Waals surface area contributed by atoms with Gasteiger partial charge in [-0.05, 0) is 48.2 Å². The second-order valence-electron chi connectivity index (χ2n) is 4.17. The average Bonchev–Trinajstić information content (AvgIpc) is 2.35. The molecule has 88 valence electrons. The van der Waals surface area contributed by atoms with E-state index in [1.165, 1.54) is 11.1 Å². The van der Waals surface area contributed by atoms with Crippen LogP contribution < -0.4 is 10.5 Å². The van der Waals surface area contributed by atoms with Crippen molar-refractivity contribution in [3.63, 3.8) is 0 Å². The van der Waals surface area contributed by atoms with E-state index in [0.29, 0.717) is 0 Å². The van der Waals surface area contributed by atoms with Crippen molar-refractivity contribution < 1.29 is 4.74 Å². The van der Waals surface area contributed by atoms with E-state index >= 15 is 0 Å². The van der Waals surface area contributed by atoms with Crippen molar-refractivity contribution in [1.29, 1.82) is 0 Å². The highest BCUT2D eigenvalue weighted by atomic mass is 16.5. The zero-order chi connectivity index (χ0) is 12.3. The van der Waals surface area contributed by atoms with Gasteiger partial charge in [0.15, 0.2) is 0 Å². The van der Waals surface area contributed by atoms with Crippen LogP contribution in [0, 0.1) is 6.92 Å². The first kappa shape index (κ1) is 11.5. The maximum Gasteiger partial charge on any atom is 0.119 e. The molecule has 0 fully saturated rings.